The smallest absolute Gasteiger partial charge is 0.282 e. The number of carbonyl (C=O) groups excluding carboxylic acids is 2. The number of para-hydroxylation sites is 1. The number of benzene rings is 1. The van der Waals surface area contributed by atoms with Gasteiger partial charge in [-0.3, -0.25) is 9.59 Å². The van der Waals surface area contributed by atoms with Gasteiger partial charge < -0.3 is 15.5 Å². The molecule has 0 aliphatic rings. The third-order valence-electron chi connectivity index (χ3n) is 4.58. The van der Waals surface area contributed by atoms with Crippen LogP contribution in [0.15, 0.2) is 24.3 Å². The SMILES string of the molecule is CCNC(=O)C[NH+](CC)[C@@H](C)C(=O)Nc1ccccc1[C@H](C)CC. The van der Waals surface area contributed by atoms with E-state index in [0.29, 0.717) is 19.0 Å². The summed E-state index contributed by atoms with van der Waals surface area (Å²) in [6.45, 7) is 11.7. The molecule has 0 saturated heterocycles. The van der Waals surface area contributed by atoms with E-state index in [4.69, 9.17) is 0 Å². The number of quaternary nitrogens is 1. The summed E-state index contributed by atoms with van der Waals surface area (Å²) in [5.74, 6) is 0.322. The van der Waals surface area contributed by atoms with Crippen LogP contribution in [0.1, 0.15) is 52.5 Å². The van der Waals surface area contributed by atoms with E-state index in [-0.39, 0.29) is 17.9 Å². The van der Waals surface area contributed by atoms with Crippen LogP contribution >= 0.6 is 0 Å². The molecule has 1 aromatic rings. The summed E-state index contributed by atoms with van der Waals surface area (Å²) in [6, 6.07) is 7.65. The van der Waals surface area contributed by atoms with Gasteiger partial charge in [0.25, 0.3) is 11.8 Å². The van der Waals surface area contributed by atoms with Gasteiger partial charge in [0.05, 0.1) is 6.54 Å². The molecule has 1 unspecified atom stereocenters. The molecule has 3 atom stereocenters. The maximum absolute atomic E-state index is 12.7. The average molecular weight is 334 g/mol. The Hall–Kier alpha value is -1.88. The van der Waals surface area contributed by atoms with Crippen molar-refractivity contribution < 1.29 is 14.5 Å². The molecule has 0 aliphatic heterocycles. The minimum absolute atomic E-state index is 0.0194. The summed E-state index contributed by atoms with van der Waals surface area (Å²) in [7, 11) is 0. The molecule has 24 heavy (non-hydrogen) atoms. The van der Waals surface area contributed by atoms with Crippen molar-refractivity contribution in [1.29, 1.82) is 0 Å². The second-order valence-corrected chi connectivity index (χ2v) is 6.25. The predicted octanol–water partition coefficient (Wildman–Crippen LogP) is 1.57. The summed E-state index contributed by atoms with van der Waals surface area (Å²) in [5.41, 5.74) is 2.03. The second kappa shape index (κ2) is 10.1. The lowest BCUT2D eigenvalue weighted by atomic mass is 9.97. The van der Waals surface area contributed by atoms with Crippen molar-refractivity contribution in [3.63, 3.8) is 0 Å². The molecule has 0 bridgehead atoms. The van der Waals surface area contributed by atoms with Crippen LogP contribution in [0.3, 0.4) is 0 Å². The van der Waals surface area contributed by atoms with Gasteiger partial charge >= 0.3 is 0 Å². The number of anilines is 1. The number of carbonyl (C=O) groups is 2. The molecule has 0 radical (unpaired) electrons. The third-order valence-corrected chi connectivity index (χ3v) is 4.58. The van der Waals surface area contributed by atoms with E-state index in [0.717, 1.165) is 29.1 Å². The Morgan fingerprint density at radius 3 is 2.38 bits per heavy atom. The zero-order valence-electron chi connectivity index (χ0n) is 15.6. The fourth-order valence-electron chi connectivity index (χ4n) is 2.74. The fraction of sp³-hybridized carbons (Fsp3) is 0.579. The van der Waals surface area contributed by atoms with Crippen LogP contribution in [0.4, 0.5) is 5.69 Å². The first-order chi connectivity index (χ1) is 11.4. The molecule has 0 fully saturated rings. The van der Waals surface area contributed by atoms with Crippen LogP contribution in [0.5, 0.6) is 0 Å². The highest BCUT2D eigenvalue weighted by Gasteiger charge is 2.26. The quantitative estimate of drug-likeness (QED) is 0.642. The third kappa shape index (κ3) is 5.64. The van der Waals surface area contributed by atoms with Gasteiger partial charge in [0.1, 0.15) is 0 Å². The van der Waals surface area contributed by atoms with Gasteiger partial charge in [-0.1, -0.05) is 32.0 Å². The Kier molecular flexibility index (Phi) is 8.47. The summed E-state index contributed by atoms with van der Waals surface area (Å²) < 4.78 is 0. The summed E-state index contributed by atoms with van der Waals surface area (Å²) in [4.78, 5) is 25.4. The molecular weight excluding hydrogens is 302 g/mol. The van der Waals surface area contributed by atoms with Crippen LogP contribution in [0.25, 0.3) is 0 Å². The average Bonchev–Trinajstić information content (AvgIpc) is 2.59. The summed E-state index contributed by atoms with van der Waals surface area (Å²) >= 11 is 0. The van der Waals surface area contributed by atoms with E-state index in [1.54, 1.807) is 0 Å². The molecule has 0 spiro atoms. The zero-order valence-corrected chi connectivity index (χ0v) is 15.6. The van der Waals surface area contributed by atoms with Gasteiger partial charge in [-0.25, -0.2) is 0 Å². The standard InChI is InChI=1S/C19H31N3O2/c1-6-14(4)16-11-9-10-12-17(16)21-19(24)15(5)22(8-3)13-18(23)20-7-2/h9-12,14-15H,6-8,13H2,1-5H3,(H,20,23)(H,21,24)/p+1/t14-,15+/m1/s1. The summed E-state index contributed by atoms with van der Waals surface area (Å²) in [5, 5.41) is 5.85. The van der Waals surface area contributed by atoms with Crippen LogP contribution in [0.2, 0.25) is 0 Å². The number of likely N-dealkylation sites (N-methyl/N-ethyl adjacent to an activating group) is 2. The first kappa shape index (κ1) is 20.2. The normalized spacial score (nSPS) is 14.5. The highest BCUT2D eigenvalue weighted by atomic mass is 16.2. The molecular formula is C19H32N3O2+. The lowest BCUT2D eigenvalue weighted by Crippen LogP contribution is -3.17. The van der Waals surface area contributed by atoms with Crippen molar-refractivity contribution in [2.75, 3.05) is 25.0 Å². The Morgan fingerprint density at radius 2 is 1.79 bits per heavy atom. The zero-order chi connectivity index (χ0) is 18.1. The lowest BCUT2D eigenvalue weighted by Gasteiger charge is -2.24. The number of hydrogen-bond donors (Lipinski definition) is 3. The van der Waals surface area contributed by atoms with E-state index < -0.39 is 0 Å². The van der Waals surface area contributed by atoms with Crippen molar-refractivity contribution in [3.05, 3.63) is 29.8 Å². The molecule has 0 heterocycles. The highest BCUT2D eigenvalue weighted by Crippen LogP contribution is 2.26. The molecule has 0 aromatic heterocycles. The maximum Gasteiger partial charge on any atom is 0.282 e. The van der Waals surface area contributed by atoms with Crippen molar-refractivity contribution in [2.24, 2.45) is 0 Å². The molecule has 0 aliphatic carbocycles. The second-order valence-electron chi connectivity index (χ2n) is 6.25. The lowest BCUT2D eigenvalue weighted by molar-refractivity contribution is -0.904. The van der Waals surface area contributed by atoms with Gasteiger partial charge in [0.15, 0.2) is 12.6 Å². The minimum Gasteiger partial charge on any atom is -0.351 e. The van der Waals surface area contributed by atoms with Crippen molar-refractivity contribution >= 4 is 17.5 Å². The molecule has 2 amide bonds. The van der Waals surface area contributed by atoms with Crippen molar-refractivity contribution in [1.82, 2.24) is 5.32 Å². The van der Waals surface area contributed by atoms with Crippen LogP contribution < -0.4 is 15.5 Å². The van der Waals surface area contributed by atoms with Gasteiger partial charge in [-0.2, -0.15) is 0 Å². The molecule has 3 N–H and O–H groups in total. The Labute approximate surface area is 145 Å². The van der Waals surface area contributed by atoms with E-state index in [1.807, 2.05) is 39.0 Å². The highest BCUT2D eigenvalue weighted by molar-refractivity contribution is 5.94. The maximum atomic E-state index is 12.7. The molecule has 0 saturated carbocycles. The van der Waals surface area contributed by atoms with E-state index in [1.165, 1.54) is 0 Å². The number of rotatable bonds is 9. The predicted molar refractivity (Wildman–Crippen MR) is 98.3 cm³/mol. The van der Waals surface area contributed by atoms with E-state index >= 15 is 0 Å². The molecule has 134 valence electrons. The molecule has 1 aromatic carbocycles. The number of nitrogens with one attached hydrogen (secondary N) is 3. The number of hydrogen-bond acceptors (Lipinski definition) is 2. The van der Waals surface area contributed by atoms with Crippen molar-refractivity contribution in [3.8, 4) is 0 Å². The van der Waals surface area contributed by atoms with E-state index in [2.05, 4.69) is 30.5 Å². The first-order valence-corrected chi connectivity index (χ1v) is 8.95. The molecule has 1 rings (SSSR count). The summed E-state index contributed by atoms with van der Waals surface area (Å²) in [6.07, 6.45) is 1.02. The molecule has 5 heteroatoms. The first-order valence-electron chi connectivity index (χ1n) is 8.95. The van der Waals surface area contributed by atoms with Gasteiger partial charge in [-0.15, -0.1) is 0 Å². The van der Waals surface area contributed by atoms with Gasteiger partial charge in [0, 0.05) is 12.2 Å². The Morgan fingerprint density at radius 1 is 1.12 bits per heavy atom. The van der Waals surface area contributed by atoms with E-state index in [9.17, 15) is 9.59 Å². The topological polar surface area (TPSA) is 62.6 Å². The monoisotopic (exact) mass is 334 g/mol. The van der Waals surface area contributed by atoms with Crippen LogP contribution in [-0.4, -0.2) is 37.5 Å². The van der Waals surface area contributed by atoms with Crippen LogP contribution in [-0.2, 0) is 9.59 Å². The van der Waals surface area contributed by atoms with Gasteiger partial charge in [-0.05, 0) is 44.7 Å². The molecule has 5 nitrogen and oxygen atoms in total. The fourth-order valence-corrected chi connectivity index (χ4v) is 2.74. The Bertz CT molecular complexity index is 545. The largest absolute Gasteiger partial charge is 0.351 e. The Balaban J connectivity index is 2.81. The van der Waals surface area contributed by atoms with Crippen LogP contribution in [0, 0.1) is 0 Å². The number of amides is 2. The van der Waals surface area contributed by atoms with Crippen molar-refractivity contribution in [2.45, 2.75) is 53.0 Å². The van der Waals surface area contributed by atoms with Gasteiger partial charge in [0.2, 0.25) is 0 Å². The minimum atomic E-state index is -0.289.